The second-order valence-electron chi connectivity index (χ2n) is 5.42. The number of rotatable bonds is 4. The van der Waals surface area contributed by atoms with Gasteiger partial charge >= 0.3 is 0 Å². The number of aromatic nitrogens is 3. The molecule has 0 N–H and O–H groups in total. The van der Waals surface area contributed by atoms with Gasteiger partial charge in [-0.25, -0.2) is 0 Å². The van der Waals surface area contributed by atoms with E-state index in [2.05, 4.69) is 36.9 Å². The highest BCUT2D eigenvalue weighted by Crippen LogP contribution is 2.33. The van der Waals surface area contributed by atoms with Gasteiger partial charge in [0.15, 0.2) is 0 Å². The van der Waals surface area contributed by atoms with E-state index in [1.54, 1.807) is 17.5 Å². The summed E-state index contributed by atoms with van der Waals surface area (Å²) in [5, 5.41) is 12.7. The molecule has 1 aliphatic heterocycles. The fraction of sp³-hybridized carbons (Fsp3) is 0.312. The van der Waals surface area contributed by atoms with Crippen molar-refractivity contribution < 1.29 is 4.42 Å². The maximum atomic E-state index is 5.88. The van der Waals surface area contributed by atoms with Crippen LogP contribution in [0.5, 0.6) is 0 Å². The lowest BCUT2D eigenvalue weighted by Crippen LogP contribution is -2.22. The minimum atomic E-state index is 0.213. The van der Waals surface area contributed by atoms with Crippen molar-refractivity contribution in [2.24, 2.45) is 0 Å². The van der Waals surface area contributed by atoms with Gasteiger partial charge in [0.25, 0.3) is 5.89 Å². The number of hydrogen-bond acceptors (Lipinski definition) is 6. The second-order valence-corrected chi connectivity index (χ2v) is 6.20. The van der Waals surface area contributed by atoms with Crippen LogP contribution in [0, 0.1) is 0 Å². The molecule has 6 heteroatoms. The number of likely N-dealkylation sites (tertiary alicyclic amines) is 1. The summed E-state index contributed by atoms with van der Waals surface area (Å²) in [6.45, 7) is 2.01. The zero-order valence-electron chi connectivity index (χ0n) is 12.1. The summed E-state index contributed by atoms with van der Waals surface area (Å²) in [5.41, 5.74) is 2.07. The van der Waals surface area contributed by atoms with Crippen LogP contribution in [-0.2, 0) is 6.54 Å². The summed E-state index contributed by atoms with van der Waals surface area (Å²) in [7, 11) is 0. The Bertz CT molecular complexity index is 726. The van der Waals surface area contributed by atoms with Crippen molar-refractivity contribution in [2.75, 3.05) is 6.54 Å². The zero-order chi connectivity index (χ0) is 14.8. The Morgan fingerprint density at radius 1 is 1.27 bits per heavy atom. The van der Waals surface area contributed by atoms with E-state index in [1.807, 2.05) is 18.2 Å². The van der Waals surface area contributed by atoms with Crippen LogP contribution in [0.3, 0.4) is 0 Å². The van der Waals surface area contributed by atoms with Gasteiger partial charge in [-0.05, 0) is 53.9 Å². The lowest BCUT2D eigenvalue weighted by molar-refractivity contribution is 0.216. The molecule has 0 saturated carbocycles. The van der Waals surface area contributed by atoms with E-state index in [0.717, 1.165) is 31.6 Å². The molecular formula is C16H16N4OS. The predicted molar refractivity (Wildman–Crippen MR) is 84.2 cm³/mol. The maximum Gasteiger partial charge on any atom is 0.266 e. The highest BCUT2D eigenvalue weighted by atomic mass is 32.1. The molecule has 0 amide bonds. The summed E-state index contributed by atoms with van der Waals surface area (Å²) >= 11 is 1.74. The van der Waals surface area contributed by atoms with E-state index in [0.29, 0.717) is 11.8 Å². The molecule has 3 aromatic heterocycles. The molecule has 5 nitrogen and oxygen atoms in total. The smallest absolute Gasteiger partial charge is 0.266 e. The van der Waals surface area contributed by atoms with Gasteiger partial charge in [-0.3, -0.25) is 9.88 Å². The quantitative estimate of drug-likeness (QED) is 0.737. The predicted octanol–water partition coefficient (Wildman–Crippen LogP) is 3.53. The molecule has 112 valence electrons. The van der Waals surface area contributed by atoms with Crippen molar-refractivity contribution in [3.8, 4) is 11.6 Å². The van der Waals surface area contributed by atoms with Crippen LogP contribution in [0.15, 0.2) is 45.6 Å². The molecule has 0 bridgehead atoms. The van der Waals surface area contributed by atoms with E-state index in [-0.39, 0.29) is 6.04 Å². The van der Waals surface area contributed by atoms with Crippen LogP contribution < -0.4 is 0 Å². The zero-order valence-corrected chi connectivity index (χ0v) is 12.9. The van der Waals surface area contributed by atoms with Crippen molar-refractivity contribution >= 4 is 11.3 Å². The lowest BCUT2D eigenvalue weighted by Gasteiger charge is -2.20. The first-order valence-electron chi connectivity index (χ1n) is 7.40. The Morgan fingerprint density at radius 3 is 3.09 bits per heavy atom. The van der Waals surface area contributed by atoms with Crippen LogP contribution >= 0.6 is 11.3 Å². The van der Waals surface area contributed by atoms with Gasteiger partial charge in [0.2, 0.25) is 5.89 Å². The summed E-state index contributed by atoms with van der Waals surface area (Å²) in [5.74, 6) is 1.20. The summed E-state index contributed by atoms with van der Waals surface area (Å²) in [4.78, 5) is 6.67. The van der Waals surface area contributed by atoms with E-state index in [1.165, 1.54) is 5.56 Å². The molecule has 1 saturated heterocycles. The van der Waals surface area contributed by atoms with Gasteiger partial charge in [-0.15, -0.1) is 10.2 Å². The number of pyridine rings is 1. The molecule has 1 fully saturated rings. The Balaban J connectivity index is 1.55. The maximum absolute atomic E-state index is 5.88. The van der Waals surface area contributed by atoms with Crippen molar-refractivity contribution in [3.63, 3.8) is 0 Å². The highest BCUT2D eigenvalue weighted by Gasteiger charge is 2.30. The summed E-state index contributed by atoms with van der Waals surface area (Å²) < 4.78 is 5.88. The van der Waals surface area contributed by atoms with E-state index in [9.17, 15) is 0 Å². The van der Waals surface area contributed by atoms with Gasteiger partial charge in [-0.2, -0.15) is 11.3 Å². The van der Waals surface area contributed by atoms with Gasteiger partial charge in [0.1, 0.15) is 5.69 Å². The van der Waals surface area contributed by atoms with Crippen molar-refractivity contribution in [2.45, 2.75) is 25.4 Å². The number of thiophene rings is 1. The van der Waals surface area contributed by atoms with Gasteiger partial charge in [-0.1, -0.05) is 6.07 Å². The Labute approximate surface area is 132 Å². The Kier molecular flexibility index (Phi) is 3.70. The second kappa shape index (κ2) is 5.98. The minimum absolute atomic E-state index is 0.213. The SMILES string of the molecule is c1ccc(-c2nnc(C3CCCN3Cc3ccsc3)o2)nc1. The molecule has 0 aromatic carbocycles. The van der Waals surface area contributed by atoms with Crippen LogP contribution in [0.1, 0.15) is 30.3 Å². The first kappa shape index (κ1) is 13.6. The molecule has 22 heavy (non-hydrogen) atoms. The van der Waals surface area contributed by atoms with Crippen LogP contribution in [-0.4, -0.2) is 26.6 Å². The molecule has 4 rings (SSSR count). The van der Waals surface area contributed by atoms with Crippen LogP contribution in [0.2, 0.25) is 0 Å². The standard InChI is InChI=1S/C16H16N4OS/c1-2-7-17-13(4-1)15-18-19-16(21-15)14-5-3-8-20(14)10-12-6-9-22-11-12/h1-2,4,6-7,9,11,14H,3,5,8,10H2. The largest absolute Gasteiger partial charge is 0.418 e. The van der Waals surface area contributed by atoms with Gasteiger partial charge in [0, 0.05) is 12.7 Å². The normalized spacial score (nSPS) is 18.8. The third-order valence-corrected chi connectivity index (χ3v) is 4.67. The fourth-order valence-electron chi connectivity index (χ4n) is 2.87. The van der Waals surface area contributed by atoms with Crippen molar-refractivity contribution in [1.82, 2.24) is 20.1 Å². The molecule has 1 unspecified atom stereocenters. The fourth-order valence-corrected chi connectivity index (χ4v) is 3.53. The highest BCUT2D eigenvalue weighted by molar-refractivity contribution is 7.07. The average Bonchev–Trinajstić information content (AvgIpc) is 3.30. The summed E-state index contributed by atoms with van der Waals surface area (Å²) in [6, 6.07) is 8.07. The topological polar surface area (TPSA) is 55.1 Å². The van der Waals surface area contributed by atoms with Crippen LogP contribution in [0.25, 0.3) is 11.6 Å². The molecule has 4 heterocycles. The monoisotopic (exact) mass is 312 g/mol. The molecule has 0 aliphatic carbocycles. The molecule has 3 aromatic rings. The first-order valence-corrected chi connectivity index (χ1v) is 8.34. The third kappa shape index (κ3) is 2.67. The first-order chi connectivity index (χ1) is 10.9. The van der Waals surface area contributed by atoms with Gasteiger partial charge < -0.3 is 4.42 Å². The third-order valence-electron chi connectivity index (χ3n) is 3.94. The Hall–Kier alpha value is -2.05. The molecule has 0 spiro atoms. The molecular weight excluding hydrogens is 296 g/mol. The Morgan fingerprint density at radius 2 is 2.27 bits per heavy atom. The number of nitrogens with zero attached hydrogens (tertiary/aromatic N) is 4. The average molecular weight is 312 g/mol. The van der Waals surface area contributed by atoms with E-state index in [4.69, 9.17) is 4.42 Å². The van der Waals surface area contributed by atoms with Crippen LogP contribution in [0.4, 0.5) is 0 Å². The summed E-state index contributed by atoms with van der Waals surface area (Å²) in [6.07, 6.45) is 3.96. The van der Waals surface area contributed by atoms with Crippen molar-refractivity contribution in [3.05, 3.63) is 52.7 Å². The molecule has 1 aliphatic rings. The number of hydrogen-bond donors (Lipinski definition) is 0. The minimum Gasteiger partial charge on any atom is -0.418 e. The molecule has 1 atom stereocenters. The lowest BCUT2D eigenvalue weighted by atomic mass is 10.2. The van der Waals surface area contributed by atoms with Crippen molar-refractivity contribution in [1.29, 1.82) is 0 Å². The van der Waals surface area contributed by atoms with E-state index < -0.39 is 0 Å². The van der Waals surface area contributed by atoms with E-state index >= 15 is 0 Å². The van der Waals surface area contributed by atoms with Gasteiger partial charge in [0.05, 0.1) is 6.04 Å². The molecule has 0 radical (unpaired) electrons.